The molecule has 1 heterocycles. The molecule has 0 spiro atoms. The number of rotatable bonds is 3. The average Bonchev–Trinajstić information content (AvgIpc) is 2.53. The SMILES string of the molecule is COc1ccc(C(=O)O[C@H]2CC[C@H]3CC[N+](C)(C)C[C@H]3C2)cc1.[Br-]. The maximum atomic E-state index is 12.3. The topological polar surface area (TPSA) is 35.5 Å². The second-order valence-corrected chi connectivity index (χ2v) is 7.72. The molecule has 2 aliphatic rings. The number of likely N-dealkylation sites (tertiary alicyclic amines) is 1. The van der Waals surface area contributed by atoms with Crippen molar-refractivity contribution in [2.75, 3.05) is 34.3 Å². The summed E-state index contributed by atoms with van der Waals surface area (Å²) in [5, 5.41) is 0. The number of hydrogen-bond donors (Lipinski definition) is 0. The van der Waals surface area contributed by atoms with Gasteiger partial charge in [-0.25, -0.2) is 4.79 Å². The van der Waals surface area contributed by atoms with Crippen molar-refractivity contribution in [1.29, 1.82) is 0 Å². The molecule has 4 nitrogen and oxygen atoms in total. The lowest BCUT2D eigenvalue weighted by Crippen LogP contribution is -3.00. The number of methoxy groups -OCH3 is 1. The molecule has 1 aromatic rings. The van der Waals surface area contributed by atoms with E-state index < -0.39 is 0 Å². The molecule has 1 aromatic carbocycles. The largest absolute Gasteiger partial charge is 1.00 e. The van der Waals surface area contributed by atoms with Gasteiger partial charge in [0.1, 0.15) is 11.9 Å². The Labute approximate surface area is 155 Å². The zero-order valence-corrected chi connectivity index (χ0v) is 16.4. The number of piperidine rings is 1. The van der Waals surface area contributed by atoms with Gasteiger partial charge >= 0.3 is 5.97 Å². The summed E-state index contributed by atoms with van der Waals surface area (Å²) in [4.78, 5) is 12.3. The number of benzene rings is 1. The molecule has 0 amide bonds. The molecule has 1 aliphatic heterocycles. The Balaban J connectivity index is 0.00000208. The summed E-state index contributed by atoms with van der Waals surface area (Å²) in [5.41, 5.74) is 0.604. The highest BCUT2D eigenvalue weighted by molar-refractivity contribution is 5.89. The number of ether oxygens (including phenoxy) is 2. The number of halogens is 1. The Morgan fingerprint density at radius 2 is 1.79 bits per heavy atom. The summed E-state index contributed by atoms with van der Waals surface area (Å²) in [7, 11) is 6.24. The predicted octanol–water partition coefficient (Wildman–Crippen LogP) is 0.121. The molecule has 0 aromatic heterocycles. The van der Waals surface area contributed by atoms with Crippen molar-refractivity contribution in [2.24, 2.45) is 11.8 Å². The minimum Gasteiger partial charge on any atom is -1.00 e. The van der Waals surface area contributed by atoms with Crippen molar-refractivity contribution in [3.8, 4) is 5.75 Å². The van der Waals surface area contributed by atoms with Gasteiger partial charge in [-0.2, -0.15) is 0 Å². The fraction of sp³-hybridized carbons (Fsp3) is 0.632. The third kappa shape index (κ3) is 4.51. The first-order valence-corrected chi connectivity index (χ1v) is 8.64. The molecule has 2 fully saturated rings. The lowest BCUT2D eigenvalue weighted by molar-refractivity contribution is -0.900. The Hall–Kier alpha value is -1.07. The lowest BCUT2D eigenvalue weighted by Gasteiger charge is -2.45. The Bertz CT molecular complexity index is 558. The number of carbonyl (C=O) groups is 1. The summed E-state index contributed by atoms with van der Waals surface area (Å²) in [6.45, 7) is 2.48. The molecule has 0 unspecified atom stereocenters. The van der Waals surface area contributed by atoms with E-state index in [4.69, 9.17) is 9.47 Å². The van der Waals surface area contributed by atoms with E-state index in [1.54, 1.807) is 31.4 Å². The highest BCUT2D eigenvalue weighted by atomic mass is 79.9. The van der Waals surface area contributed by atoms with Crippen molar-refractivity contribution >= 4 is 5.97 Å². The van der Waals surface area contributed by atoms with E-state index in [1.165, 1.54) is 25.9 Å². The molecule has 0 N–H and O–H groups in total. The standard InChI is InChI=1S/C19H28NO3.BrH/c1-20(2)11-10-14-4-9-18(12-16(14)13-20)23-19(21)15-5-7-17(22-3)8-6-15;/h5-8,14,16,18H,4,9-13H2,1-3H3;1H/q+1;/p-1/t14-,16+,18-;/m0./s1. The van der Waals surface area contributed by atoms with Crippen molar-refractivity contribution in [3.05, 3.63) is 29.8 Å². The second-order valence-electron chi connectivity index (χ2n) is 7.72. The van der Waals surface area contributed by atoms with Gasteiger partial charge < -0.3 is 30.9 Å². The van der Waals surface area contributed by atoms with E-state index in [0.29, 0.717) is 11.5 Å². The molecule has 5 heteroatoms. The highest BCUT2D eigenvalue weighted by Crippen LogP contribution is 2.38. The summed E-state index contributed by atoms with van der Waals surface area (Å²) < 4.78 is 12.0. The normalized spacial score (nSPS) is 28.2. The maximum absolute atomic E-state index is 12.3. The van der Waals surface area contributed by atoms with Crippen molar-refractivity contribution in [1.82, 2.24) is 0 Å². The summed E-state index contributed by atoms with van der Waals surface area (Å²) >= 11 is 0. The number of esters is 1. The minimum absolute atomic E-state index is 0. The Morgan fingerprint density at radius 1 is 1.08 bits per heavy atom. The number of fused-ring (bicyclic) bond motifs is 1. The van der Waals surface area contributed by atoms with Crippen LogP contribution in [0.1, 0.15) is 36.0 Å². The van der Waals surface area contributed by atoms with Crippen LogP contribution in [0.4, 0.5) is 0 Å². The number of nitrogens with zero attached hydrogens (tertiary/aromatic N) is 1. The molecular formula is C19H28BrNO3. The van der Waals surface area contributed by atoms with Gasteiger partial charge in [-0.3, -0.25) is 0 Å². The van der Waals surface area contributed by atoms with Crippen LogP contribution in [0.2, 0.25) is 0 Å². The monoisotopic (exact) mass is 397 g/mol. The van der Waals surface area contributed by atoms with Crippen LogP contribution in [0.3, 0.4) is 0 Å². The molecule has 24 heavy (non-hydrogen) atoms. The van der Waals surface area contributed by atoms with Crippen molar-refractivity contribution in [2.45, 2.75) is 31.8 Å². The molecule has 3 rings (SSSR count). The number of carbonyl (C=O) groups excluding carboxylic acids is 1. The van der Waals surface area contributed by atoms with Gasteiger partial charge in [0.15, 0.2) is 0 Å². The molecular weight excluding hydrogens is 370 g/mol. The van der Waals surface area contributed by atoms with Crippen LogP contribution in [-0.4, -0.2) is 50.9 Å². The first-order chi connectivity index (χ1) is 11.0. The molecule has 1 saturated carbocycles. The predicted molar refractivity (Wildman–Crippen MR) is 89.5 cm³/mol. The Kier molecular flexibility index (Phi) is 6.32. The molecule has 134 valence electrons. The van der Waals surface area contributed by atoms with E-state index in [2.05, 4.69) is 14.1 Å². The highest BCUT2D eigenvalue weighted by Gasteiger charge is 2.40. The molecule has 0 radical (unpaired) electrons. The average molecular weight is 398 g/mol. The zero-order valence-electron chi connectivity index (χ0n) is 14.8. The first-order valence-electron chi connectivity index (χ1n) is 8.64. The van der Waals surface area contributed by atoms with Crippen LogP contribution in [0.15, 0.2) is 24.3 Å². The van der Waals surface area contributed by atoms with E-state index in [0.717, 1.165) is 29.0 Å². The van der Waals surface area contributed by atoms with Crippen LogP contribution >= 0.6 is 0 Å². The molecule has 3 atom stereocenters. The van der Waals surface area contributed by atoms with Crippen LogP contribution in [0.25, 0.3) is 0 Å². The lowest BCUT2D eigenvalue weighted by atomic mass is 9.73. The van der Waals surface area contributed by atoms with Gasteiger partial charge in [-0.1, -0.05) is 0 Å². The van der Waals surface area contributed by atoms with Crippen LogP contribution in [0, 0.1) is 11.8 Å². The summed E-state index contributed by atoms with van der Waals surface area (Å²) in [5.74, 6) is 2.07. The van der Waals surface area contributed by atoms with Gasteiger partial charge in [0, 0.05) is 5.92 Å². The third-order valence-corrected chi connectivity index (χ3v) is 5.53. The fourth-order valence-electron chi connectivity index (χ4n) is 4.18. The fourth-order valence-corrected chi connectivity index (χ4v) is 4.18. The molecule has 1 saturated heterocycles. The van der Waals surface area contributed by atoms with Crippen LogP contribution in [0.5, 0.6) is 5.75 Å². The number of quaternary nitrogens is 1. The van der Waals surface area contributed by atoms with Gasteiger partial charge in [0.2, 0.25) is 0 Å². The maximum Gasteiger partial charge on any atom is 0.338 e. The Morgan fingerprint density at radius 3 is 2.46 bits per heavy atom. The van der Waals surface area contributed by atoms with Crippen LogP contribution in [-0.2, 0) is 4.74 Å². The molecule has 0 bridgehead atoms. The van der Waals surface area contributed by atoms with E-state index in [9.17, 15) is 4.79 Å². The van der Waals surface area contributed by atoms with Gasteiger partial charge in [-0.05, 0) is 55.9 Å². The minimum atomic E-state index is -0.208. The van der Waals surface area contributed by atoms with Crippen LogP contribution < -0.4 is 21.7 Å². The molecule has 1 aliphatic carbocycles. The third-order valence-electron chi connectivity index (χ3n) is 5.53. The summed E-state index contributed by atoms with van der Waals surface area (Å²) in [6.07, 6.45) is 4.62. The van der Waals surface area contributed by atoms with Crippen molar-refractivity contribution < 1.29 is 35.7 Å². The first kappa shape index (κ1) is 19.3. The summed E-state index contributed by atoms with van der Waals surface area (Å²) in [6, 6.07) is 7.14. The van der Waals surface area contributed by atoms with Gasteiger partial charge in [-0.15, -0.1) is 0 Å². The van der Waals surface area contributed by atoms with Crippen molar-refractivity contribution in [3.63, 3.8) is 0 Å². The van der Waals surface area contributed by atoms with Gasteiger partial charge in [0.25, 0.3) is 0 Å². The quantitative estimate of drug-likeness (QED) is 0.536. The number of hydrogen-bond acceptors (Lipinski definition) is 3. The second kappa shape index (κ2) is 7.87. The van der Waals surface area contributed by atoms with Gasteiger partial charge in [0.05, 0.1) is 39.9 Å². The van der Waals surface area contributed by atoms with E-state index in [1.807, 2.05) is 0 Å². The van der Waals surface area contributed by atoms with E-state index >= 15 is 0 Å². The van der Waals surface area contributed by atoms with E-state index in [-0.39, 0.29) is 29.1 Å². The zero-order chi connectivity index (χ0) is 16.4. The smallest absolute Gasteiger partial charge is 0.338 e.